The molecule has 0 bridgehead atoms. The SMILES string of the molecule is C=Cc1ccc(-c2ccc(-c3cc(-c4ccc(-c5ccc(C(C)(C)C)cc5)cc4)nc(-c4ccc(-c5ccc(C(C)(C)C)cc5)cc4)c3)cc2)cc1. The maximum atomic E-state index is 5.25. The van der Waals surface area contributed by atoms with Gasteiger partial charge in [0, 0.05) is 11.1 Å². The van der Waals surface area contributed by atoms with Crippen molar-refractivity contribution in [3.05, 3.63) is 181 Å². The van der Waals surface area contributed by atoms with Crippen LogP contribution in [0.1, 0.15) is 58.2 Å². The average Bonchev–Trinajstić information content (AvgIpc) is 3.17. The van der Waals surface area contributed by atoms with Gasteiger partial charge in [-0.25, -0.2) is 4.98 Å². The van der Waals surface area contributed by atoms with Crippen molar-refractivity contribution in [2.45, 2.75) is 52.4 Å². The summed E-state index contributed by atoms with van der Waals surface area (Å²) in [5.74, 6) is 0. The highest BCUT2D eigenvalue weighted by molar-refractivity contribution is 5.80. The van der Waals surface area contributed by atoms with E-state index in [1.54, 1.807) is 0 Å². The van der Waals surface area contributed by atoms with Gasteiger partial charge in [0.15, 0.2) is 0 Å². The topological polar surface area (TPSA) is 12.9 Å². The maximum absolute atomic E-state index is 5.25. The third-order valence-electron chi connectivity index (χ3n) is 10.1. The van der Waals surface area contributed by atoms with Crippen molar-refractivity contribution in [3.63, 3.8) is 0 Å². The van der Waals surface area contributed by atoms with Crippen molar-refractivity contribution in [3.8, 4) is 67.0 Å². The molecule has 0 fully saturated rings. The summed E-state index contributed by atoms with van der Waals surface area (Å²) in [6, 6.07) is 57.3. The lowest BCUT2D eigenvalue weighted by molar-refractivity contribution is 0.590. The molecule has 7 aromatic rings. The predicted molar refractivity (Wildman–Crippen MR) is 224 cm³/mol. The second kappa shape index (κ2) is 14.1. The predicted octanol–water partition coefficient (Wildman–Crippen LogP) is 14.3. The molecule has 1 heterocycles. The molecule has 1 nitrogen and oxygen atoms in total. The largest absolute Gasteiger partial charge is 0.248 e. The van der Waals surface area contributed by atoms with Crippen LogP contribution in [0.15, 0.2) is 164 Å². The minimum Gasteiger partial charge on any atom is -0.248 e. The van der Waals surface area contributed by atoms with E-state index in [0.29, 0.717) is 0 Å². The van der Waals surface area contributed by atoms with Crippen LogP contribution in [0.2, 0.25) is 0 Å². The molecule has 0 atom stereocenters. The minimum atomic E-state index is 0.131. The van der Waals surface area contributed by atoms with Crippen molar-refractivity contribution in [1.29, 1.82) is 0 Å². The first-order valence-corrected chi connectivity index (χ1v) is 18.2. The van der Waals surface area contributed by atoms with Crippen LogP contribution in [0, 0.1) is 0 Å². The Morgan fingerprint density at radius 1 is 0.346 bits per heavy atom. The summed E-state index contributed by atoms with van der Waals surface area (Å²) in [7, 11) is 0. The summed E-state index contributed by atoms with van der Waals surface area (Å²) in [5, 5.41) is 0. The quantitative estimate of drug-likeness (QED) is 0.164. The lowest BCUT2D eigenvalue weighted by Gasteiger charge is -2.19. The van der Waals surface area contributed by atoms with Crippen LogP contribution in [0.3, 0.4) is 0 Å². The zero-order valence-corrected chi connectivity index (χ0v) is 31.2. The molecule has 6 aromatic carbocycles. The molecule has 0 spiro atoms. The van der Waals surface area contributed by atoms with Crippen molar-refractivity contribution in [2.75, 3.05) is 0 Å². The molecular weight excluding hydrogens is 627 g/mol. The second-order valence-corrected chi connectivity index (χ2v) is 15.8. The zero-order valence-electron chi connectivity index (χ0n) is 31.2. The molecular formula is C51H47N. The standard InChI is InChI=1S/C51H47N/c1-8-35-9-11-36(12-10-35)37-13-15-42(16-14-37)45-33-48(43-21-17-38(18-22-43)40-25-29-46(30-26-40)50(2,3)4)52-49(34-45)44-23-19-39(20-24-44)41-27-31-47(32-28-41)51(5,6)7/h8-34H,1H2,2-7H3. The zero-order chi connectivity index (χ0) is 36.5. The highest BCUT2D eigenvalue weighted by Crippen LogP contribution is 2.34. The maximum Gasteiger partial charge on any atom is 0.0715 e. The molecule has 0 aliphatic rings. The van der Waals surface area contributed by atoms with Crippen LogP contribution in [0.5, 0.6) is 0 Å². The summed E-state index contributed by atoms with van der Waals surface area (Å²) < 4.78 is 0. The molecule has 1 heteroatoms. The molecule has 0 unspecified atom stereocenters. The molecule has 0 N–H and O–H groups in total. The van der Waals surface area contributed by atoms with Gasteiger partial charge in [-0.3, -0.25) is 0 Å². The van der Waals surface area contributed by atoms with Crippen molar-refractivity contribution < 1.29 is 0 Å². The third kappa shape index (κ3) is 7.60. The Hall–Kier alpha value is -5.79. The molecule has 1 aromatic heterocycles. The fraction of sp³-hybridized carbons (Fsp3) is 0.157. The first-order valence-electron chi connectivity index (χ1n) is 18.2. The van der Waals surface area contributed by atoms with Crippen molar-refractivity contribution >= 4 is 6.08 Å². The highest BCUT2D eigenvalue weighted by atomic mass is 14.7. The Bertz CT molecular complexity index is 2170. The van der Waals surface area contributed by atoms with Gasteiger partial charge in [-0.1, -0.05) is 200 Å². The van der Waals surface area contributed by atoms with Crippen LogP contribution >= 0.6 is 0 Å². The van der Waals surface area contributed by atoms with Gasteiger partial charge >= 0.3 is 0 Å². The number of benzene rings is 6. The van der Waals surface area contributed by atoms with E-state index in [4.69, 9.17) is 4.98 Å². The molecule has 0 saturated carbocycles. The second-order valence-electron chi connectivity index (χ2n) is 15.8. The van der Waals surface area contributed by atoms with E-state index < -0.39 is 0 Å². The number of nitrogens with zero attached hydrogens (tertiary/aromatic N) is 1. The molecule has 52 heavy (non-hydrogen) atoms. The number of pyridine rings is 1. The first-order chi connectivity index (χ1) is 24.9. The molecule has 0 aliphatic heterocycles. The summed E-state index contributed by atoms with van der Waals surface area (Å²) >= 11 is 0. The molecule has 256 valence electrons. The van der Waals surface area contributed by atoms with E-state index in [2.05, 4.69) is 206 Å². The van der Waals surface area contributed by atoms with Crippen molar-refractivity contribution in [1.82, 2.24) is 4.98 Å². The monoisotopic (exact) mass is 673 g/mol. The number of hydrogen-bond donors (Lipinski definition) is 0. The van der Waals surface area contributed by atoms with Gasteiger partial charge in [-0.2, -0.15) is 0 Å². The van der Waals surface area contributed by atoms with Gasteiger partial charge in [0.1, 0.15) is 0 Å². The fourth-order valence-corrected chi connectivity index (χ4v) is 6.65. The van der Waals surface area contributed by atoms with Crippen LogP contribution in [-0.2, 0) is 10.8 Å². The summed E-state index contributed by atoms with van der Waals surface area (Å²) in [4.78, 5) is 5.25. The summed E-state index contributed by atoms with van der Waals surface area (Å²) in [6.45, 7) is 17.4. The third-order valence-corrected chi connectivity index (χ3v) is 10.1. The van der Waals surface area contributed by atoms with Gasteiger partial charge in [0.25, 0.3) is 0 Å². The van der Waals surface area contributed by atoms with Crippen molar-refractivity contribution in [2.24, 2.45) is 0 Å². The highest BCUT2D eigenvalue weighted by Gasteiger charge is 2.15. The van der Waals surface area contributed by atoms with Gasteiger partial charge in [0.2, 0.25) is 0 Å². The molecule has 0 radical (unpaired) electrons. The minimum absolute atomic E-state index is 0.131. The average molecular weight is 674 g/mol. The van der Waals surface area contributed by atoms with E-state index in [0.717, 1.165) is 39.2 Å². The molecule has 7 rings (SSSR count). The molecule has 0 aliphatic carbocycles. The van der Waals surface area contributed by atoms with E-state index in [9.17, 15) is 0 Å². The lowest BCUT2D eigenvalue weighted by Crippen LogP contribution is -2.10. The van der Waals surface area contributed by atoms with Gasteiger partial charge in [0.05, 0.1) is 11.4 Å². The van der Waals surface area contributed by atoms with Gasteiger partial charge < -0.3 is 0 Å². The number of hydrogen-bond acceptors (Lipinski definition) is 1. The van der Waals surface area contributed by atoms with Gasteiger partial charge in [-0.15, -0.1) is 0 Å². The summed E-state index contributed by atoms with van der Waals surface area (Å²) in [5.41, 5.74) is 17.6. The van der Waals surface area contributed by atoms with E-state index in [1.165, 1.54) is 44.5 Å². The van der Waals surface area contributed by atoms with Crippen LogP contribution in [-0.4, -0.2) is 4.98 Å². The van der Waals surface area contributed by atoms with E-state index in [1.807, 2.05) is 6.08 Å². The van der Waals surface area contributed by atoms with E-state index >= 15 is 0 Å². The Morgan fingerprint density at radius 3 is 0.885 bits per heavy atom. The lowest BCUT2D eigenvalue weighted by atomic mass is 9.86. The van der Waals surface area contributed by atoms with E-state index in [-0.39, 0.29) is 10.8 Å². The molecule has 0 amide bonds. The van der Waals surface area contributed by atoms with Crippen LogP contribution < -0.4 is 0 Å². The summed E-state index contributed by atoms with van der Waals surface area (Å²) in [6.07, 6.45) is 1.88. The van der Waals surface area contributed by atoms with Crippen LogP contribution in [0.25, 0.3) is 73.1 Å². The normalized spacial score (nSPS) is 11.7. The Labute approximate surface area is 310 Å². The van der Waals surface area contributed by atoms with Crippen LogP contribution in [0.4, 0.5) is 0 Å². The Morgan fingerprint density at radius 2 is 0.596 bits per heavy atom. The smallest absolute Gasteiger partial charge is 0.0715 e. The molecule has 0 saturated heterocycles. The van der Waals surface area contributed by atoms with Gasteiger partial charge in [-0.05, 0) is 84.2 Å². The fourth-order valence-electron chi connectivity index (χ4n) is 6.65. The number of aromatic nitrogens is 1. The number of rotatable bonds is 7. The first kappa shape index (κ1) is 34.6. The Balaban J connectivity index is 1.24. The Kier molecular flexibility index (Phi) is 9.38.